The van der Waals surface area contributed by atoms with E-state index in [-0.39, 0.29) is 17.6 Å². The molecule has 1 aliphatic rings. The van der Waals surface area contributed by atoms with Crippen molar-refractivity contribution < 1.29 is 13.6 Å². The Labute approximate surface area is 154 Å². The van der Waals surface area contributed by atoms with Crippen molar-refractivity contribution in [3.8, 4) is 11.5 Å². The summed E-state index contributed by atoms with van der Waals surface area (Å²) in [6.45, 7) is 3.34. The van der Waals surface area contributed by atoms with E-state index in [2.05, 4.69) is 10.2 Å². The van der Waals surface area contributed by atoms with Gasteiger partial charge in [0.05, 0.1) is 4.88 Å². The first-order valence-corrected chi connectivity index (χ1v) is 9.42. The average molecular weight is 371 g/mol. The van der Waals surface area contributed by atoms with Crippen LogP contribution in [-0.4, -0.2) is 34.1 Å². The summed E-state index contributed by atoms with van der Waals surface area (Å²) in [5.41, 5.74) is 1.82. The van der Waals surface area contributed by atoms with E-state index >= 15 is 0 Å². The Morgan fingerprint density at radius 1 is 1.23 bits per heavy atom. The molecule has 1 aromatic carbocycles. The van der Waals surface area contributed by atoms with Gasteiger partial charge in [-0.05, 0) is 61.0 Å². The molecule has 0 atom stereocenters. The molecule has 0 radical (unpaired) electrons. The van der Waals surface area contributed by atoms with Gasteiger partial charge in [-0.15, -0.1) is 21.5 Å². The standard InChI is InChI=1S/C19H18FN3O2S/c1-12-10-16(26-11-12)19(24)23-8-6-14(7-9-23)18-22-21-17(25-18)13-2-4-15(20)5-3-13/h2-5,10-11,14H,6-9H2,1H3. The second kappa shape index (κ2) is 6.99. The Bertz CT molecular complexity index is 911. The first-order valence-electron chi connectivity index (χ1n) is 8.54. The number of carbonyl (C=O) groups excluding carboxylic acids is 1. The molecular weight excluding hydrogens is 353 g/mol. The number of amides is 1. The Kier molecular flexibility index (Phi) is 4.55. The second-order valence-corrected chi connectivity index (χ2v) is 7.42. The summed E-state index contributed by atoms with van der Waals surface area (Å²) < 4.78 is 18.8. The zero-order valence-corrected chi connectivity index (χ0v) is 15.1. The summed E-state index contributed by atoms with van der Waals surface area (Å²) in [6.07, 6.45) is 1.59. The molecule has 0 unspecified atom stereocenters. The molecule has 26 heavy (non-hydrogen) atoms. The number of nitrogens with zero attached hydrogens (tertiary/aromatic N) is 3. The predicted octanol–water partition coefficient (Wildman–Crippen LogP) is 4.27. The van der Waals surface area contributed by atoms with Crippen LogP contribution < -0.4 is 0 Å². The molecule has 4 rings (SSSR count). The number of hydrogen-bond acceptors (Lipinski definition) is 5. The van der Waals surface area contributed by atoms with Gasteiger partial charge in [0.2, 0.25) is 11.8 Å². The van der Waals surface area contributed by atoms with E-state index in [1.54, 1.807) is 12.1 Å². The molecule has 0 spiro atoms. The Balaban J connectivity index is 1.40. The maximum Gasteiger partial charge on any atom is 0.263 e. The molecule has 1 saturated heterocycles. The van der Waals surface area contributed by atoms with Gasteiger partial charge in [-0.1, -0.05) is 0 Å². The maximum atomic E-state index is 13.0. The number of carbonyl (C=O) groups is 1. The fourth-order valence-corrected chi connectivity index (χ4v) is 4.00. The van der Waals surface area contributed by atoms with Gasteiger partial charge in [0.1, 0.15) is 5.82 Å². The van der Waals surface area contributed by atoms with Crippen molar-refractivity contribution in [3.63, 3.8) is 0 Å². The summed E-state index contributed by atoms with van der Waals surface area (Å²) in [6, 6.07) is 7.92. The van der Waals surface area contributed by atoms with Crippen molar-refractivity contribution in [2.75, 3.05) is 13.1 Å². The highest BCUT2D eigenvalue weighted by molar-refractivity contribution is 7.12. The molecule has 0 saturated carbocycles. The molecule has 2 aromatic heterocycles. The second-order valence-electron chi connectivity index (χ2n) is 6.51. The molecule has 0 N–H and O–H groups in total. The number of benzene rings is 1. The van der Waals surface area contributed by atoms with Crippen molar-refractivity contribution >= 4 is 17.2 Å². The van der Waals surface area contributed by atoms with Crippen LogP contribution in [0.3, 0.4) is 0 Å². The van der Waals surface area contributed by atoms with Gasteiger partial charge < -0.3 is 9.32 Å². The van der Waals surface area contributed by atoms with Crippen LogP contribution in [0.15, 0.2) is 40.1 Å². The molecule has 3 heterocycles. The van der Waals surface area contributed by atoms with E-state index < -0.39 is 0 Å². The minimum absolute atomic E-state index is 0.0964. The zero-order chi connectivity index (χ0) is 18.1. The monoisotopic (exact) mass is 371 g/mol. The lowest BCUT2D eigenvalue weighted by molar-refractivity contribution is 0.0711. The minimum atomic E-state index is -0.300. The molecule has 0 aliphatic carbocycles. The van der Waals surface area contributed by atoms with E-state index in [1.807, 2.05) is 23.3 Å². The van der Waals surface area contributed by atoms with E-state index in [4.69, 9.17) is 4.42 Å². The number of thiophene rings is 1. The molecule has 1 aliphatic heterocycles. The number of aromatic nitrogens is 2. The highest BCUT2D eigenvalue weighted by Crippen LogP contribution is 2.30. The summed E-state index contributed by atoms with van der Waals surface area (Å²) in [7, 11) is 0. The summed E-state index contributed by atoms with van der Waals surface area (Å²) in [5, 5.41) is 10.2. The summed E-state index contributed by atoms with van der Waals surface area (Å²) in [5.74, 6) is 0.923. The predicted molar refractivity (Wildman–Crippen MR) is 96.6 cm³/mol. The van der Waals surface area contributed by atoms with Crippen molar-refractivity contribution in [2.24, 2.45) is 0 Å². The third kappa shape index (κ3) is 3.39. The van der Waals surface area contributed by atoms with Crippen LogP contribution in [0.5, 0.6) is 0 Å². The van der Waals surface area contributed by atoms with Gasteiger partial charge in [-0.2, -0.15) is 0 Å². The summed E-state index contributed by atoms with van der Waals surface area (Å²) in [4.78, 5) is 15.2. The van der Waals surface area contributed by atoms with Crippen LogP contribution in [-0.2, 0) is 0 Å². The van der Waals surface area contributed by atoms with Crippen molar-refractivity contribution in [1.29, 1.82) is 0 Å². The lowest BCUT2D eigenvalue weighted by atomic mass is 9.96. The van der Waals surface area contributed by atoms with Crippen LogP contribution in [0.2, 0.25) is 0 Å². The van der Waals surface area contributed by atoms with Gasteiger partial charge in [-0.25, -0.2) is 4.39 Å². The largest absolute Gasteiger partial charge is 0.420 e. The van der Waals surface area contributed by atoms with Gasteiger partial charge >= 0.3 is 0 Å². The van der Waals surface area contributed by atoms with Crippen LogP contribution in [0.25, 0.3) is 11.5 Å². The fraction of sp³-hybridized carbons (Fsp3) is 0.316. The molecular formula is C19H18FN3O2S. The lowest BCUT2D eigenvalue weighted by Crippen LogP contribution is -2.37. The van der Waals surface area contributed by atoms with Gasteiger partial charge in [-0.3, -0.25) is 4.79 Å². The topological polar surface area (TPSA) is 59.2 Å². The fourth-order valence-electron chi connectivity index (χ4n) is 3.14. The van der Waals surface area contributed by atoms with Gasteiger partial charge in [0.15, 0.2) is 0 Å². The maximum absolute atomic E-state index is 13.0. The molecule has 3 aromatic rings. The molecule has 5 nitrogen and oxygen atoms in total. The molecule has 1 fully saturated rings. The minimum Gasteiger partial charge on any atom is -0.420 e. The molecule has 134 valence electrons. The Morgan fingerprint density at radius 2 is 1.96 bits per heavy atom. The highest BCUT2D eigenvalue weighted by Gasteiger charge is 2.28. The van der Waals surface area contributed by atoms with Crippen LogP contribution in [0, 0.1) is 12.7 Å². The highest BCUT2D eigenvalue weighted by atomic mass is 32.1. The van der Waals surface area contributed by atoms with Gasteiger partial charge in [0, 0.05) is 24.6 Å². The van der Waals surface area contributed by atoms with E-state index in [0.717, 1.165) is 23.3 Å². The number of hydrogen-bond donors (Lipinski definition) is 0. The van der Waals surface area contributed by atoms with Crippen LogP contribution in [0.1, 0.15) is 39.9 Å². The zero-order valence-electron chi connectivity index (χ0n) is 14.3. The smallest absolute Gasteiger partial charge is 0.263 e. The quantitative estimate of drug-likeness (QED) is 0.690. The third-order valence-corrected chi connectivity index (χ3v) is 5.64. The van der Waals surface area contributed by atoms with E-state index in [0.29, 0.717) is 30.4 Å². The first-order chi connectivity index (χ1) is 12.6. The van der Waals surface area contributed by atoms with Crippen LogP contribution >= 0.6 is 11.3 Å². The van der Waals surface area contributed by atoms with Crippen molar-refractivity contribution in [2.45, 2.75) is 25.7 Å². The van der Waals surface area contributed by atoms with Crippen molar-refractivity contribution in [1.82, 2.24) is 15.1 Å². The number of piperidine rings is 1. The summed E-state index contributed by atoms with van der Waals surface area (Å²) >= 11 is 1.49. The average Bonchev–Trinajstić information content (AvgIpc) is 3.31. The number of rotatable bonds is 3. The van der Waals surface area contributed by atoms with E-state index in [1.165, 1.54) is 23.5 Å². The van der Waals surface area contributed by atoms with Gasteiger partial charge in [0.25, 0.3) is 5.91 Å². The number of aryl methyl sites for hydroxylation is 1. The molecule has 1 amide bonds. The van der Waals surface area contributed by atoms with E-state index in [9.17, 15) is 9.18 Å². The number of halogens is 1. The van der Waals surface area contributed by atoms with Crippen LogP contribution in [0.4, 0.5) is 4.39 Å². The number of likely N-dealkylation sites (tertiary alicyclic amines) is 1. The lowest BCUT2D eigenvalue weighted by Gasteiger charge is -2.30. The van der Waals surface area contributed by atoms with Crippen molar-refractivity contribution in [3.05, 3.63) is 57.9 Å². The SMILES string of the molecule is Cc1csc(C(=O)N2CCC(c3nnc(-c4ccc(F)cc4)o3)CC2)c1. The molecule has 0 bridgehead atoms. The first kappa shape index (κ1) is 16.9. The third-order valence-electron chi connectivity index (χ3n) is 4.60. The molecule has 7 heteroatoms. The Morgan fingerprint density at radius 3 is 2.62 bits per heavy atom. The normalized spacial score (nSPS) is 15.4. The Hall–Kier alpha value is -2.54.